The molecular weight excluding hydrogens is 312 g/mol. The minimum Gasteiger partial charge on any atom is -0.476 e. The van der Waals surface area contributed by atoms with E-state index in [1.807, 2.05) is 4.90 Å². The Kier molecular flexibility index (Phi) is 6.28. The van der Waals surface area contributed by atoms with Crippen molar-refractivity contribution < 1.29 is 9.53 Å². The van der Waals surface area contributed by atoms with Crippen LogP contribution in [0.2, 0.25) is 5.02 Å². The van der Waals surface area contributed by atoms with Gasteiger partial charge in [-0.1, -0.05) is 39.3 Å². The average Bonchev–Trinajstić information content (AvgIpc) is 2.53. The van der Waals surface area contributed by atoms with Crippen LogP contribution in [-0.4, -0.2) is 35.5 Å². The topological polar surface area (TPSA) is 42.4 Å². The molecule has 23 heavy (non-hydrogen) atoms. The van der Waals surface area contributed by atoms with E-state index in [4.69, 9.17) is 16.3 Å². The Labute approximate surface area is 144 Å². The lowest BCUT2D eigenvalue weighted by atomic mass is 9.88. The SMILES string of the molecule is CC(C)COc1ncc(C(=O)N2CCCC(C(C)C)C2)cc1Cl. The van der Waals surface area contributed by atoms with Gasteiger partial charge in [0.15, 0.2) is 0 Å². The fourth-order valence-corrected chi connectivity index (χ4v) is 3.04. The molecule has 1 unspecified atom stereocenters. The summed E-state index contributed by atoms with van der Waals surface area (Å²) in [6, 6.07) is 1.67. The number of pyridine rings is 1. The predicted molar refractivity (Wildman–Crippen MR) is 93.0 cm³/mol. The number of likely N-dealkylation sites (tertiary alicyclic amines) is 1. The van der Waals surface area contributed by atoms with Crippen LogP contribution in [0.1, 0.15) is 50.9 Å². The van der Waals surface area contributed by atoms with Gasteiger partial charge in [0.05, 0.1) is 12.2 Å². The van der Waals surface area contributed by atoms with Crippen molar-refractivity contribution in [1.82, 2.24) is 9.88 Å². The molecule has 1 aliphatic rings. The summed E-state index contributed by atoms with van der Waals surface area (Å²) < 4.78 is 5.56. The van der Waals surface area contributed by atoms with Crippen molar-refractivity contribution >= 4 is 17.5 Å². The van der Waals surface area contributed by atoms with E-state index >= 15 is 0 Å². The lowest BCUT2D eigenvalue weighted by Crippen LogP contribution is -2.41. The standard InChI is InChI=1S/C18H27ClN2O2/c1-12(2)11-23-17-16(19)8-15(9-20-17)18(22)21-7-5-6-14(10-21)13(3)4/h8-9,12-14H,5-7,10-11H2,1-4H3. The number of ether oxygens (including phenoxy) is 1. The Morgan fingerprint density at radius 1 is 1.43 bits per heavy atom. The van der Waals surface area contributed by atoms with Crippen molar-refractivity contribution in [2.75, 3.05) is 19.7 Å². The first-order valence-corrected chi connectivity index (χ1v) is 8.84. The number of hydrogen-bond donors (Lipinski definition) is 0. The van der Waals surface area contributed by atoms with Crippen LogP contribution in [0.3, 0.4) is 0 Å². The van der Waals surface area contributed by atoms with E-state index in [2.05, 4.69) is 32.7 Å². The van der Waals surface area contributed by atoms with Gasteiger partial charge in [-0.05, 0) is 36.7 Å². The molecule has 4 nitrogen and oxygen atoms in total. The number of carbonyl (C=O) groups excluding carboxylic acids is 1. The van der Waals surface area contributed by atoms with Gasteiger partial charge in [0.1, 0.15) is 5.02 Å². The number of piperidine rings is 1. The van der Waals surface area contributed by atoms with Gasteiger partial charge in [-0.15, -0.1) is 0 Å². The molecule has 0 saturated carbocycles. The first-order valence-electron chi connectivity index (χ1n) is 8.46. The van der Waals surface area contributed by atoms with Gasteiger partial charge in [-0.2, -0.15) is 0 Å². The van der Waals surface area contributed by atoms with E-state index in [0.717, 1.165) is 19.5 Å². The number of nitrogens with zero attached hydrogens (tertiary/aromatic N) is 2. The van der Waals surface area contributed by atoms with Crippen LogP contribution in [0.25, 0.3) is 0 Å². The third-order valence-corrected chi connectivity index (χ3v) is 4.57. The molecular formula is C18H27ClN2O2. The van der Waals surface area contributed by atoms with Gasteiger partial charge in [0.2, 0.25) is 5.88 Å². The van der Waals surface area contributed by atoms with E-state index in [1.54, 1.807) is 12.3 Å². The van der Waals surface area contributed by atoms with E-state index in [9.17, 15) is 4.79 Å². The Morgan fingerprint density at radius 3 is 2.78 bits per heavy atom. The highest BCUT2D eigenvalue weighted by atomic mass is 35.5. The summed E-state index contributed by atoms with van der Waals surface area (Å²) in [7, 11) is 0. The first kappa shape index (κ1) is 18.1. The van der Waals surface area contributed by atoms with Crippen LogP contribution < -0.4 is 4.74 Å². The minimum atomic E-state index is 0.0140. The molecule has 0 N–H and O–H groups in total. The van der Waals surface area contributed by atoms with E-state index in [0.29, 0.717) is 40.8 Å². The predicted octanol–water partition coefficient (Wildman–Crippen LogP) is 4.28. The fourth-order valence-electron chi connectivity index (χ4n) is 2.82. The Morgan fingerprint density at radius 2 is 2.17 bits per heavy atom. The summed E-state index contributed by atoms with van der Waals surface area (Å²) in [4.78, 5) is 18.8. The van der Waals surface area contributed by atoms with E-state index in [-0.39, 0.29) is 5.91 Å². The maximum Gasteiger partial charge on any atom is 0.255 e. The second-order valence-corrected chi connectivity index (χ2v) is 7.52. The van der Waals surface area contributed by atoms with Crippen molar-refractivity contribution in [2.24, 2.45) is 17.8 Å². The van der Waals surface area contributed by atoms with E-state index in [1.165, 1.54) is 6.42 Å². The zero-order valence-corrected chi connectivity index (χ0v) is 15.3. The van der Waals surface area contributed by atoms with Crippen molar-refractivity contribution in [1.29, 1.82) is 0 Å². The van der Waals surface area contributed by atoms with Crippen molar-refractivity contribution in [3.8, 4) is 5.88 Å². The van der Waals surface area contributed by atoms with Crippen LogP contribution >= 0.6 is 11.6 Å². The quantitative estimate of drug-likeness (QED) is 0.804. The highest BCUT2D eigenvalue weighted by Gasteiger charge is 2.26. The minimum absolute atomic E-state index is 0.0140. The maximum absolute atomic E-state index is 12.7. The largest absolute Gasteiger partial charge is 0.476 e. The normalized spacial score (nSPS) is 18.6. The van der Waals surface area contributed by atoms with Crippen LogP contribution in [0.4, 0.5) is 0 Å². The zero-order valence-electron chi connectivity index (χ0n) is 14.5. The monoisotopic (exact) mass is 338 g/mol. The van der Waals surface area contributed by atoms with Crippen molar-refractivity contribution in [2.45, 2.75) is 40.5 Å². The summed E-state index contributed by atoms with van der Waals surface area (Å²) in [6.45, 7) is 10.8. The number of halogens is 1. The van der Waals surface area contributed by atoms with Crippen LogP contribution in [-0.2, 0) is 0 Å². The van der Waals surface area contributed by atoms with Gasteiger partial charge in [-0.25, -0.2) is 4.98 Å². The van der Waals surface area contributed by atoms with Gasteiger partial charge < -0.3 is 9.64 Å². The number of aromatic nitrogens is 1. The lowest BCUT2D eigenvalue weighted by molar-refractivity contribution is 0.0641. The Balaban J connectivity index is 2.06. The number of hydrogen-bond acceptors (Lipinski definition) is 3. The van der Waals surface area contributed by atoms with Crippen molar-refractivity contribution in [3.05, 3.63) is 22.8 Å². The molecule has 128 valence electrons. The van der Waals surface area contributed by atoms with Crippen LogP contribution in [0, 0.1) is 17.8 Å². The molecule has 0 spiro atoms. The summed E-state index contributed by atoms with van der Waals surface area (Å²) in [6.07, 6.45) is 3.83. The summed E-state index contributed by atoms with van der Waals surface area (Å²) >= 11 is 6.22. The highest BCUT2D eigenvalue weighted by Crippen LogP contribution is 2.27. The molecule has 1 saturated heterocycles. The summed E-state index contributed by atoms with van der Waals surface area (Å²) in [5.74, 6) is 1.98. The summed E-state index contributed by atoms with van der Waals surface area (Å²) in [5.41, 5.74) is 0.538. The molecule has 2 heterocycles. The van der Waals surface area contributed by atoms with Gasteiger partial charge >= 0.3 is 0 Å². The molecule has 0 aliphatic carbocycles. The van der Waals surface area contributed by atoms with E-state index < -0.39 is 0 Å². The van der Waals surface area contributed by atoms with Gasteiger partial charge in [0, 0.05) is 19.3 Å². The molecule has 1 fully saturated rings. The molecule has 5 heteroatoms. The fraction of sp³-hybridized carbons (Fsp3) is 0.667. The maximum atomic E-state index is 12.7. The molecule has 1 atom stereocenters. The number of carbonyl (C=O) groups is 1. The third kappa shape index (κ3) is 4.84. The highest BCUT2D eigenvalue weighted by molar-refractivity contribution is 6.32. The Bertz CT molecular complexity index is 546. The van der Waals surface area contributed by atoms with Crippen molar-refractivity contribution in [3.63, 3.8) is 0 Å². The van der Waals surface area contributed by atoms with Crippen LogP contribution in [0.15, 0.2) is 12.3 Å². The molecule has 1 aromatic rings. The lowest BCUT2D eigenvalue weighted by Gasteiger charge is -2.34. The number of amides is 1. The number of rotatable bonds is 5. The molecule has 2 rings (SSSR count). The average molecular weight is 339 g/mol. The molecule has 0 bridgehead atoms. The first-order chi connectivity index (χ1) is 10.9. The second-order valence-electron chi connectivity index (χ2n) is 7.11. The molecule has 1 aliphatic heterocycles. The third-order valence-electron chi connectivity index (χ3n) is 4.30. The zero-order chi connectivity index (χ0) is 17.0. The van der Waals surface area contributed by atoms with Gasteiger partial charge in [0.25, 0.3) is 5.91 Å². The van der Waals surface area contributed by atoms with Gasteiger partial charge in [-0.3, -0.25) is 4.79 Å². The second kappa shape index (κ2) is 8.00. The molecule has 1 aromatic heterocycles. The summed E-state index contributed by atoms with van der Waals surface area (Å²) in [5, 5.41) is 0.397. The smallest absolute Gasteiger partial charge is 0.255 e. The molecule has 0 aromatic carbocycles. The molecule has 0 radical (unpaired) electrons. The Hall–Kier alpha value is -1.29. The molecule has 1 amide bonds. The van der Waals surface area contributed by atoms with Crippen LogP contribution in [0.5, 0.6) is 5.88 Å².